The molecular weight excluding hydrogens is 408 g/mol. The van der Waals surface area contributed by atoms with Crippen molar-refractivity contribution in [2.24, 2.45) is 45.3 Å². The quantitative estimate of drug-likeness (QED) is 0.357. The molecule has 5 aliphatic rings. The molecule has 4 saturated carbocycles. The van der Waals surface area contributed by atoms with Crippen LogP contribution in [0.15, 0.2) is 11.6 Å². The van der Waals surface area contributed by atoms with E-state index in [-0.39, 0.29) is 23.4 Å². The number of aliphatic hydroxyl groups is 1. The number of rotatable bonds is 2. The normalized spacial score (nSPS) is 53.0. The van der Waals surface area contributed by atoms with Gasteiger partial charge in [0.15, 0.2) is 5.60 Å². The van der Waals surface area contributed by atoms with Gasteiger partial charge in [-0.3, -0.25) is 0 Å². The van der Waals surface area contributed by atoms with Crippen LogP contribution in [-0.4, -0.2) is 22.8 Å². The summed E-state index contributed by atoms with van der Waals surface area (Å²) in [5.74, 6) is 1.67. The molecule has 0 aromatic heterocycles. The number of esters is 1. The van der Waals surface area contributed by atoms with Crippen molar-refractivity contribution in [3.63, 3.8) is 0 Å². The second-order valence-corrected chi connectivity index (χ2v) is 14.5. The van der Waals surface area contributed by atoms with E-state index in [1.165, 1.54) is 38.5 Å². The van der Waals surface area contributed by atoms with Gasteiger partial charge in [-0.15, -0.1) is 0 Å². The molecule has 1 saturated heterocycles. The van der Waals surface area contributed by atoms with Gasteiger partial charge in [-0.1, -0.05) is 46.6 Å². The third kappa shape index (κ3) is 3.12. The van der Waals surface area contributed by atoms with Crippen LogP contribution in [0.3, 0.4) is 0 Å². The summed E-state index contributed by atoms with van der Waals surface area (Å²) in [6.07, 6.45) is 13.5. The Labute approximate surface area is 202 Å². The van der Waals surface area contributed by atoms with Crippen molar-refractivity contribution < 1.29 is 14.6 Å². The molecule has 0 spiro atoms. The number of carbonyl (C=O) groups excluding carboxylic acids is 1. The first kappa shape index (κ1) is 23.9. The minimum atomic E-state index is -1.31. The lowest BCUT2D eigenvalue weighted by atomic mass is 9.35. The average molecular weight is 457 g/mol. The number of allylic oxidation sites excluding steroid dienone is 1. The largest absolute Gasteiger partial charge is 0.456 e. The maximum absolute atomic E-state index is 13.0. The third-order valence-electron chi connectivity index (χ3n) is 12.4. The lowest BCUT2D eigenvalue weighted by Gasteiger charge is -2.69. The molecular formula is C30H48O3. The Balaban J connectivity index is 1.46. The van der Waals surface area contributed by atoms with E-state index < -0.39 is 5.60 Å². The molecule has 0 aromatic carbocycles. The summed E-state index contributed by atoms with van der Waals surface area (Å²) in [5, 5.41) is 11.8. The Morgan fingerprint density at radius 2 is 1.58 bits per heavy atom. The predicted molar refractivity (Wildman–Crippen MR) is 132 cm³/mol. The van der Waals surface area contributed by atoms with Gasteiger partial charge in [-0.25, -0.2) is 4.79 Å². The Morgan fingerprint density at radius 3 is 2.27 bits per heavy atom. The zero-order chi connectivity index (χ0) is 24.0. The number of hydrogen-bond donors (Lipinski definition) is 1. The predicted octanol–water partition coefficient (Wildman–Crippen LogP) is 7.07. The summed E-state index contributed by atoms with van der Waals surface area (Å²) in [6.45, 7) is 16.9. The molecule has 3 nitrogen and oxygen atoms in total. The Bertz CT molecular complexity index is 855. The molecule has 9 atom stereocenters. The molecule has 5 rings (SSSR count). The summed E-state index contributed by atoms with van der Waals surface area (Å²) in [7, 11) is 0. The smallest absolute Gasteiger partial charge is 0.339 e. The Hall–Kier alpha value is -0.830. The summed E-state index contributed by atoms with van der Waals surface area (Å²) < 4.78 is 5.69. The molecule has 186 valence electrons. The van der Waals surface area contributed by atoms with Crippen LogP contribution in [0.4, 0.5) is 0 Å². The van der Waals surface area contributed by atoms with Crippen LogP contribution < -0.4 is 0 Å². The van der Waals surface area contributed by atoms with E-state index in [1.807, 2.05) is 19.9 Å². The summed E-state index contributed by atoms with van der Waals surface area (Å²) in [5.41, 5.74) is 1.20. The molecule has 0 bridgehead atoms. The van der Waals surface area contributed by atoms with E-state index in [2.05, 4.69) is 34.6 Å². The molecule has 0 aromatic rings. The number of fused-ring (bicyclic) bond motifs is 5. The van der Waals surface area contributed by atoms with E-state index in [0.29, 0.717) is 28.6 Å². The van der Waals surface area contributed by atoms with Crippen molar-refractivity contribution in [1.29, 1.82) is 0 Å². The van der Waals surface area contributed by atoms with Gasteiger partial charge in [-0.05, 0) is 111 Å². The SMILES string of the molecule is CC(C)=CC1C[C@](O)([C@H]2CC[C@@]3(C)[C@H]2CC[C@@H]2[C@@]4(C)CCCC(C)(C)C4CC[C@]23C)C(=O)O1. The second kappa shape index (κ2) is 7.34. The maximum Gasteiger partial charge on any atom is 0.339 e. The first-order valence-corrected chi connectivity index (χ1v) is 13.9. The molecule has 1 heterocycles. The van der Waals surface area contributed by atoms with Gasteiger partial charge < -0.3 is 9.84 Å². The highest BCUT2D eigenvalue weighted by atomic mass is 16.6. The molecule has 0 amide bonds. The van der Waals surface area contributed by atoms with Gasteiger partial charge in [0.2, 0.25) is 0 Å². The topological polar surface area (TPSA) is 46.5 Å². The number of carbonyl (C=O) groups is 1. The zero-order valence-electron chi connectivity index (χ0n) is 22.3. The van der Waals surface area contributed by atoms with Crippen molar-refractivity contribution in [3.05, 3.63) is 11.6 Å². The van der Waals surface area contributed by atoms with Gasteiger partial charge in [0.25, 0.3) is 0 Å². The van der Waals surface area contributed by atoms with E-state index in [9.17, 15) is 9.90 Å². The lowest BCUT2D eigenvalue weighted by Crippen LogP contribution is -2.62. The molecule has 5 fully saturated rings. The molecule has 0 radical (unpaired) electrons. The van der Waals surface area contributed by atoms with Crippen molar-refractivity contribution in [2.75, 3.05) is 0 Å². The van der Waals surface area contributed by atoms with Crippen LogP contribution in [-0.2, 0) is 9.53 Å². The van der Waals surface area contributed by atoms with Crippen LogP contribution >= 0.6 is 0 Å². The Kier molecular flexibility index (Phi) is 5.31. The third-order valence-corrected chi connectivity index (χ3v) is 12.4. The number of hydrogen-bond acceptors (Lipinski definition) is 3. The van der Waals surface area contributed by atoms with Crippen LogP contribution in [0.1, 0.15) is 113 Å². The second-order valence-electron chi connectivity index (χ2n) is 14.5. The molecule has 2 unspecified atom stereocenters. The summed E-state index contributed by atoms with van der Waals surface area (Å²) >= 11 is 0. The standard InChI is InChI=1S/C30H48O3/c1-19(2)17-20-18-30(32,25(31)33-20)22-11-15-28(6)21(22)9-10-24-27(5)14-8-13-26(3,4)23(27)12-16-29(24,28)7/h17,20-24,32H,8-16,18H2,1-7H3/t20?,21-,22-,23?,24+,27-,28-,29+,30-/m0/s1. The van der Waals surface area contributed by atoms with E-state index in [1.54, 1.807) is 0 Å². The molecule has 3 heteroatoms. The Morgan fingerprint density at radius 1 is 0.879 bits per heavy atom. The van der Waals surface area contributed by atoms with Crippen LogP contribution in [0.25, 0.3) is 0 Å². The number of ether oxygens (including phenoxy) is 1. The summed E-state index contributed by atoms with van der Waals surface area (Å²) in [6, 6.07) is 0. The highest BCUT2D eigenvalue weighted by Gasteiger charge is 2.70. The highest BCUT2D eigenvalue weighted by molar-refractivity contribution is 5.82. The maximum atomic E-state index is 13.0. The first-order valence-electron chi connectivity index (χ1n) is 13.9. The fraction of sp³-hybridized carbons (Fsp3) is 0.900. The molecule has 1 N–H and O–H groups in total. The van der Waals surface area contributed by atoms with Crippen LogP contribution in [0, 0.1) is 45.3 Å². The highest BCUT2D eigenvalue weighted by Crippen LogP contribution is 2.76. The minimum absolute atomic E-state index is 0.0386. The lowest BCUT2D eigenvalue weighted by molar-refractivity contribution is -0.208. The fourth-order valence-corrected chi connectivity index (χ4v) is 10.9. The van der Waals surface area contributed by atoms with Crippen molar-refractivity contribution in [3.8, 4) is 0 Å². The minimum Gasteiger partial charge on any atom is -0.456 e. The van der Waals surface area contributed by atoms with Crippen LogP contribution in [0.5, 0.6) is 0 Å². The van der Waals surface area contributed by atoms with E-state index in [0.717, 1.165) is 36.7 Å². The van der Waals surface area contributed by atoms with E-state index in [4.69, 9.17) is 4.74 Å². The van der Waals surface area contributed by atoms with E-state index >= 15 is 0 Å². The van der Waals surface area contributed by atoms with Gasteiger partial charge >= 0.3 is 5.97 Å². The van der Waals surface area contributed by atoms with Gasteiger partial charge in [0.1, 0.15) is 6.10 Å². The van der Waals surface area contributed by atoms with Gasteiger partial charge in [-0.2, -0.15) is 0 Å². The first-order chi connectivity index (χ1) is 15.3. The molecule has 33 heavy (non-hydrogen) atoms. The van der Waals surface area contributed by atoms with Gasteiger partial charge in [0, 0.05) is 12.3 Å². The van der Waals surface area contributed by atoms with Gasteiger partial charge in [0.05, 0.1) is 0 Å². The average Bonchev–Trinajstić information content (AvgIpc) is 3.18. The fourth-order valence-electron chi connectivity index (χ4n) is 10.9. The molecule has 4 aliphatic carbocycles. The van der Waals surface area contributed by atoms with Crippen molar-refractivity contribution in [2.45, 2.75) is 124 Å². The monoisotopic (exact) mass is 456 g/mol. The van der Waals surface area contributed by atoms with Crippen LogP contribution in [0.2, 0.25) is 0 Å². The molecule has 1 aliphatic heterocycles. The van der Waals surface area contributed by atoms with Crippen molar-refractivity contribution >= 4 is 5.97 Å². The zero-order valence-corrected chi connectivity index (χ0v) is 22.3. The number of cyclic esters (lactones) is 1. The summed E-state index contributed by atoms with van der Waals surface area (Å²) in [4.78, 5) is 13.0. The van der Waals surface area contributed by atoms with Crippen molar-refractivity contribution in [1.82, 2.24) is 0 Å².